The average molecular weight is 275 g/mol. The van der Waals surface area contributed by atoms with Gasteiger partial charge in [-0.05, 0) is 36.2 Å². The van der Waals surface area contributed by atoms with Crippen molar-refractivity contribution >= 4 is 0 Å². The molecule has 1 aromatic carbocycles. The number of aromatic nitrogens is 1. The zero-order valence-corrected chi connectivity index (χ0v) is 11.4. The molecular formula is C15H17NO4. The molecule has 0 aliphatic carbocycles. The van der Waals surface area contributed by atoms with E-state index in [0.717, 1.165) is 11.1 Å². The number of pyridine rings is 1. The minimum atomic E-state index is -0.560. The fourth-order valence-corrected chi connectivity index (χ4v) is 1.71. The van der Waals surface area contributed by atoms with Crippen molar-refractivity contribution in [2.24, 2.45) is 0 Å². The van der Waals surface area contributed by atoms with Crippen LogP contribution in [0.5, 0.6) is 17.4 Å². The monoisotopic (exact) mass is 275 g/mol. The van der Waals surface area contributed by atoms with Gasteiger partial charge in [-0.3, -0.25) is 0 Å². The maximum atomic E-state index is 9.42. The molecule has 2 aromatic rings. The normalized spacial score (nSPS) is 12.0. The zero-order chi connectivity index (χ0) is 14.5. The Balaban J connectivity index is 2.20. The highest BCUT2D eigenvalue weighted by atomic mass is 16.5. The van der Waals surface area contributed by atoms with Crippen LogP contribution in [0.15, 0.2) is 36.5 Å². The van der Waals surface area contributed by atoms with Gasteiger partial charge in [0, 0.05) is 12.3 Å². The van der Waals surface area contributed by atoms with Crippen LogP contribution in [-0.4, -0.2) is 22.3 Å². The highest BCUT2D eigenvalue weighted by molar-refractivity contribution is 5.44. The van der Waals surface area contributed by atoms with Gasteiger partial charge in [-0.2, -0.15) is 0 Å². The molecule has 0 spiro atoms. The second-order valence-corrected chi connectivity index (χ2v) is 4.35. The largest absolute Gasteiger partial charge is 0.493 e. The van der Waals surface area contributed by atoms with Crippen molar-refractivity contribution in [3.05, 3.63) is 47.7 Å². The van der Waals surface area contributed by atoms with Gasteiger partial charge in [-0.25, -0.2) is 4.98 Å². The fraction of sp³-hybridized carbons (Fsp3) is 0.267. The maximum absolute atomic E-state index is 9.42. The molecular weight excluding hydrogens is 258 g/mol. The van der Waals surface area contributed by atoms with Crippen molar-refractivity contribution in [2.75, 3.05) is 7.11 Å². The molecule has 0 radical (unpaired) electrons. The Labute approximate surface area is 117 Å². The average Bonchev–Trinajstić information content (AvgIpc) is 2.48. The number of aliphatic hydroxyl groups excluding tert-OH is 2. The van der Waals surface area contributed by atoms with Crippen molar-refractivity contribution < 1.29 is 19.7 Å². The van der Waals surface area contributed by atoms with E-state index in [9.17, 15) is 5.11 Å². The second kappa shape index (κ2) is 6.36. The molecule has 0 aliphatic rings. The SMILES string of the molecule is COc1cc(CO)ccc1Oc1ccc([C@@H](C)O)cn1. The number of methoxy groups -OCH3 is 1. The number of benzene rings is 1. The third-order valence-electron chi connectivity index (χ3n) is 2.87. The summed E-state index contributed by atoms with van der Waals surface area (Å²) in [6.07, 6.45) is 1.00. The van der Waals surface area contributed by atoms with Crippen LogP contribution in [0.3, 0.4) is 0 Å². The molecule has 5 nitrogen and oxygen atoms in total. The van der Waals surface area contributed by atoms with Gasteiger partial charge in [0.2, 0.25) is 5.88 Å². The summed E-state index contributed by atoms with van der Waals surface area (Å²) in [7, 11) is 1.54. The zero-order valence-electron chi connectivity index (χ0n) is 11.4. The van der Waals surface area contributed by atoms with Gasteiger partial charge in [0.05, 0.1) is 19.8 Å². The number of hydrogen-bond acceptors (Lipinski definition) is 5. The Kier molecular flexibility index (Phi) is 4.55. The molecule has 5 heteroatoms. The molecule has 106 valence electrons. The smallest absolute Gasteiger partial charge is 0.219 e. The van der Waals surface area contributed by atoms with Crippen LogP contribution in [-0.2, 0) is 6.61 Å². The number of aliphatic hydroxyl groups is 2. The molecule has 0 saturated carbocycles. The van der Waals surface area contributed by atoms with Crippen LogP contribution in [0.25, 0.3) is 0 Å². The Morgan fingerprint density at radius 3 is 2.55 bits per heavy atom. The lowest BCUT2D eigenvalue weighted by Crippen LogP contribution is -1.96. The first kappa shape index (κ1) is 14.3. The van der Waals surface area contributed by atoms with Crippen molar-refractivity contribution in [1.29, 1.82) is 0 Å². The number of hydrogen-bond donors (Lipinski definition) is 2. The lowest BCUT2D eigenvalue weighted by atomic mass is 10.2. The van der Waals surface area contributed by atoms with E-state index in [1.54, 1.807) is 43.5 Å². The van der Waals surface area contributed by atoms with E-state index in [1.807, 2.05) is 0 Å². The minimum Gasteiger partial charge on any atom is -0.493 e. The molecule has 20 heavy (non-hydrogen) atoms. The summed E-state index contributed by atoms with van der Waals surface area (Å²) in [4.78, 5) is 4.13. The van der Waals surface area contributed by atoms with Crippen LogP contribution in [0.4, 0.5) is 0 Å². The van der Waals surface area contributed by atoms with E-state index < -0.39 is 6.10 Å². The highest BCUT2D eigenvalue weighted by Gasteiger charge is 2.08. The first-order chi connectivity index (χ1) is 9.63. The van der Waals surface area contributed by atoms with Crippen LogP contribution in [0, 0.1) is 0 Å². The van der Waals surface area contributed by atoms with Crippen LogP contribution < -0.4 is 9.47 Å². The summed E-state index contributed by atoms with van der Waals surface area (Å²) < 4.78 is 10.9. The predicted octanol–water partition coefficient (Wildman–Crippen LogP) is 2.43. The second-order valence-electron chi connectivity index (χ2n) is 4.35. The van der Waals surface area contributed by atoms with E-state index in [2.05, 4.69) is 4.98 Å². The molecule has 1 atom stereocenters. The molecule has 0 unspecified atom stereocenters. The maximum Gasteiger partial charge on any atom is 0.219 e. The number of nitrogens with zero attached hydrogens (tertiary/aromatic N) is 1. The molecule has 0 bridgehead atoms. The fourth-order valence-electron chi connectivity index (χ4n) is 1.71. The van der Waals surface area contributed by atoms with Crippen molar-refractivity contribution in [2.45, 2.75) is 19.6 Å². The molecule has 1 aromatic heterocycles. The Morgan fingerprint density at radius 1 is 1.20 bits per heavy atom. The molecule has 0 aliphatic heterocycles. The topological polar surface area (TPSA) is 71.8 Å². The van der Waals surface area contributed by atoms with Crippen molar-refractivity contribution in [3.8, 4) is 17.4 Å². The van der Waals surface area contributed by atoms with Gasteiger partial charge in [0.1, 0.15) is 0 Å². The minimum absolute atomic E-state index is 0.0576. The van der Waals surface area contributed by atoms with Gasteiger partial charge in [-0.1, -0.05) is 6.07 Å². The quantitative estimate of drug-likeness (QED) is 0.876. The lowest BCUT2D eigenvalue weighted by Gasteiger charge is -2.11. The van der Waals surface area contributed by atoms with Crippen LogP contribution in [0.1, 0.15) is 24.2 Å². The van der Waals surface area contributed by atoms with E-state index in [4.69, 9.17) is 14.6 Å². The Hall–Kier alpha value is -2.11. The molecule has 2 rings (SSSR count). The van der Waals surface area contributed by atoms with Gasteiger partial charge >= 0.3 is 0 Å². The first-order valence-corrected chi connectivity index (χ1v) is 6.23. The number of ether oxygens (including phenoxy) is 2. The van der Waals surface area contributed by atoms with Crippen molar-refractivity contribution in [3.63, 3.8) is 0 Å². The first-order valence-electron chi connectivity index (χ1n) is 6.23. The van der Waals surface area contributed by atoms with E-state index in [1.165, 1.54) is 7.11 Å². The lowest BCUT2D eigenvalue weighted by molar-refractivity contribution is 0.198. The van der Waals surface area contributed by atoms with Gasteiger partial charge < -0.3 is 19.7 Å². The van der Waals surface area contributed by atoms with E-state index in [-0.39, 0.29) is 6.61 Å². The molecule has 1 heterocycles. The Bertz CT molecular complexity index is 567. The van der Waals surface area contributed by atoms with E-state index in [0.29, 0.717) is 17.4 Å². The number of rotatable bonds is 5. The standard InChI is InChI=1S/C15H17NO4/c1-10(18)12-4-6-15(16-8-12)20-13-5-3-11(9-17)7-14(13)19-2/h3-8,10,17-18H,9H2,1-2H3/t10-/m1/s1. The Morgan fingerprint density at radius 2 is 2.00 bits per heavy atom. The summed E-state index contributed by atoms with van der Waals surface area (Å²) in [6, 6.07) is 8.61. The predicted molar refractivity (Wildman–Crippen MR) is 73.9 cm³/mol. The summed E-state index contributed by atoms with van der Waals surface area (Å²) >= 11 is 0. The highest BCUT2D eigenvalue weighted by Crippen LogP contribution is 2.31. The summed E-state index contributed by atoms with van der Waals surface area (Å²) in [6.45, 7) is 1.62. The van der Waals surface area contributed by atoms with Crippen LogP contribution in [0.2, 0.25) is 0 Å². The van der Waals surface area contributed by atoms with Crippen LogP contribution >= 0.6 is 0 Å². The third-order valence-corrected chi connectivity index (χ3v) is 2.87. The van der Waals surface area contributed by atoms with Gasteiger partial charge in [0.25, 0.3) is 0 Å². The summed E-state index contributed by atoms with van der Waals surface area (Å²) in [5.74, 6) is 1.45. The summed E-state index contributed by atoms with van der Waals surface area (Å²) in [5.41, 5.74) is 1.46. The molecule has 0 amide bonds. The van der Waals surface area contributed by atoms with Gasteiger partial charge in [-0.15, -0.1) is 0 Å². The van der Waals surface area contributed by atoms with E-state index >= 15 is 0 Å². The van der Waals surface area contributed by atoms with Gasteiger partial charge in [0.15, 0.2) is 11.5 Å². The molecule has 0 fully saturated rings. The molecule has 2 N–H and O–H groups in total. The third kappa shape index (κ3) is 3.26. The van der Waals surface area contributed by atoms with Crippen molar-refractivity contribution in [1.82, 2.24) is 4.98 Å². The molecule has 0 saturated heterocycles. The summed E-state index contributed by atoms with van der Waals surface area (Å²) in [5, 5.41) is 18.5.